The van der Waals surface area contributed by atoms with E-state index < -0.39 is 0 Å². The number of aromatic nitrogens is 3. The second-order valence-electron chi connectivity index (χ2n) is 7.87. The van der Waals surface area contributed by atoms with Gasteiger partial charge in [0.25, 0.3) is 5.91 Å². The Kier molecular flexibility index (Phi) is 7.00. The van der Waals surface area contributed by atoms with Crippen molar-refractivity contribution in [1.82, 2.24) is 19.9 Å². The van der Waals surface area contributed by atoms with E-state index in [9.17, 15) is 4.79 Å². The van der Waals surface area contributed by atoms with Gasteiger partial charge >= 0.3 is 0 Å². The van der Waals surface area contributed by atoms with Gasteiger partial charge in [0.2, 0.25) is 0 Å². The van der Waals surface area contributed by atoms with Gasteiger partial charge in [-0.3, -0.25) is 4.79 Å². The number of hydrogen-bond acceptors (Lipinski definition) is 5. The van der Waals surface area contributed by atoms with E-state index in [1.807, 2.05) is 42.9 Å². The Labute approximate surface area is 193 Å². The zero-order valence-corrected chi connectivity index (χ0v) is 19.2. The van der Waals surface area contributed by atoms with Crippen LogP contribution in [0, 0.1) is 0 Å². The van der Waals surface area contributed by atoms with Crippen LogP contribution in [0.25, 0.3) is 11.2 Å². The number of nitrogens with one attached hydrogen (secondary N) is 2. The van der Waals surface area contributed by atoms with E-state index in [1.54, 1.807) is 7.11 Å². The van der Waals surface area contributed by atoms with Crippen molar-refractivity contribution in [1.29, 1.82) is 0 Å². The largest absolute Gasteiger partial charge is 0.496 e. The molecule has 7 nitrogen and oxygen atoms in total. The van der Waals surface area contributed by atoms with Crippen molar-refractivity contribution in [3.63, 3.8) is 0 Å². The summed E-state index contributed by atoms with van der Waals surface area (Å²) in [5.41, 5.74) is 4.31. The third kappa shape index (κ3) is 4.75. The lowest BCUT2D eigenvalue weighted by Crippen LogP contribution is -2.28. The Bertz CT molecular complexity index is 1150. The molecule has 0 unspecified atom stereocenters. The molecule has 2 N–H and O–H groups in total. The second-order valence-corrected chi connectivity index (χ2v) is 8.33. The summed E-state index contributed by atoms with van der Waals surface area (Å²) in [6, 6.07) is 1.98. The van der Waals surface area contributed by atoms with Gasteiger partial charge in [0, 0.05) is 36.0 Å². The van der Waals surface area contributed by atoms with Crippen molar-refractivity contribution in [2.24, 2.45) is 0 Å². The summed E-state index contributed by atoms with van der Waals surface area (Å²) in [5, 5.41) is 11.7. The standard InChI is InChI=1S/C23H27BClN5O2/c1-32-20-10-5-3-8-16(20)23(31)27-12-6-11-26-21-13-19(15-7-2-4-9-18(15)25)29-22-17(24)14-28-30(21)22/h2,5,7,10,13-14,26H,3-4,6,8-9,11-12,24H2,1H3,(H,27,31). The van der Waals surface area contributed by atoms with E-state index in [0.717, 1.165) is 58.9 Å². The van der Waals surface area contributed by atoms with Gasteiger partial charge in [-0.25, -0.2) is 4.98 Å². The Morgan fingerprint density at radius 3 is 2.88 bits per heavy atom. The molecule has 32 heavy (non-hydrogen) atoms. The number of ether oxygens (including phenoxy) is 1. The van der Waals surface area contributed by atoms with Crippen LogP contribution in [0.3, 0.4) is 0 Å². The monoisotopic (exact) mass is 451 g/mol. The van der Waals surface area contributed by atoms with Gasteiger partial charge < -0.3 is 15.4 Å². The lowest BCUT2D eigenvalue weighted by atomic mass is 10.00. The maximum atomic E-state index is 12.5. The van der Waals surface area contributed by atoms with Crippen molar-refractivity contribution in [3.8, 4) is 0 Å². The third-order valence-electron chi connectivity index (χ3n) is 5.60. The number of carbonyl (C=O) groups is 1. The summed E-state index contributed by atoms with van der Waals surface area (Å²) in [6.07, 6.45) is 14.0. The van der Waals surface area contributed by atoms with E-state index in [-0.39, 0.29) is 5.91 Å². The van der Waals surface area contributed by atoms with Crippen molar-refractivity contribution >= 4 is 47.9 Å². The van der Waals surface area contributed by atoms with Gasteiger partial charge in [0.1, 0.15) is 19.4 Å². The maximum Gasteiger partial charge on any atom is 0.250 e. The Morgan fingerprint density at radius 1 is 1.25 bits per heavy atom. The van der Waals surface area contributed by atoms with Gasteiger partial charge in [0.05, 0.1) is 18.4 Å². The average molecular weight is 452 g/mol. The maximum absolute atomic E-state index is 12.5. The highest BCUT2D eigenvalue weighted by atomic mass is 35.5. The van der Waals surface area contributed by atoms with Crippen LogP contribution in [-0.4, -0.2) is 48.6 Å². The summed E-state index contributed by atoms with van der Waals surface area (Å²) in [4.78, 5) is 17.3. The summed E-state index contributed by atoms with van der Waals surface area (Å²) in [6.45, 7) is 1.24. The number of hydrogen-bond donors (Lipinski definition) is 2. The number of methoxy groups -OCH3 is 1. The SMILES string of the molecule is Bc1cnn2c(NCCCNC(=O)C3=C(OC)C=CCC3)cc(C3=C(Cl)CCC=C3)nc12. The fourth-order valence-electron chi connectivity index (χ4n) is 3.87. The molecule has 2 heterocycles. The van der Waals surface area contributed by atoms with E-state index >= 15 is 0 Å². The molecule has 9 heteroatoms. The van der Waals surface area contributed by atoms with Crippen LogP contribution >= 0.6 is 11.6 Å². The molecule has 0 spiro atoms. The summed E-state index contributed by atoms with van der Waals surface area (Å²) in [7, 11) is 3.59. The van der Waals surface area contributed by atoms with Crippen LogP contribution in [0.2, 0.25) is 0 Å². The Morgan fingerprint density at radius 2 is 2.06 bits per heavy atom. The molecule has 0 fully saturated rings. The fourth-order valence-corrected chi connectivity index (χ4v) is 4.14. The quantitative estimate of drug-likeness (QED) is 0.476. The highest BCUT2D eigenvalue weighted by molar-refractivity contribution is 6.36. The zero-order valence-electron chi connectivity index (χ0n) is 18.4. The first-order chi connectivity index (χ1) is 15.6. The smallest absolute Gasteiger partial charge is 0.250 e. The minimum absolute atomic E-state index is 0.0619. The highest BCUT2D eigenvalue weighted by Gasteiger charge is 2.17. The molecule has 2 aliphatic carbocycles. The van der Waals surface area contributed by atoms with Crippen LogP contribution in [0.5, 0.6) is 0 Å². The molecule has 2 aromatic rings. The molecule has 166 valence electrons. The topological polar surface area (TPSA) is 80.5 Å². The minimum atomic E-state index is -0.0619. The molecule has 0 atom stereocenters. The second kappa shape index (κ2) is 10.1. The van der Waals surface area contributed by atoms with E-state index in [0.29, 0.717) is 30.8 Å². The summed E-state index contributed by atoms with van der Waals surface area (Å²) < 4.78 is 7.12. The Hall–Kier alpha value is -3.00. The first-order valence-corrected chi connectivity index (χ1v) is 11.3. The molecule has 0 aliphatic heterocycles. The van der Waals surface area contributed by atoms with Crippen molar-refractivity contribution in [2.45, 2.75) is 32.1 Å². The third-order valence-corrected chi connectivity index (χ3v) is 5.99. The zero-order chi connectivity index (χ0) is 22.5. The number of carbonyl (C=O) groups excluding carboxylic acids is 1. The van der Waals surface area contributed by atoms with Crippen LogP contribution in [0.4, 0.5) is 5.82 Å². The van der Waals surface area contributed by atoms with Gasteiger partial charge in [-0.15, -0.1) is 0 Å². The van der Waals surface area contributed by atoms with Crippen molar-refractivity contribution in [3.05, 3.63) is 58.6 Å². The number of fused-ring (bicyclic) bond motifs is 1. The summed E-state index contributed by atoms with van der Waals surface area (Å²) >= 11 is 6.48. The molecule has 4 rings (SSSR count). The number of halogens is 1. The van der Waals surface area contributed by atoms with Crippen molar-refractivity contribution in [2.75, 3.05) is 25.5 Å². The van der Waals surface area contributed by atoms with Gasteiger partial charge in [-0.05, 0) is 43.6 Å². The molecular formula is C23H27BClN5O2. The van der Waals surface area contributed by atoms with Crippen molar-refractivity contribution < 1.29 is 9.53 Å². The van der Waals surface area contributed by atoms with Crippen LogP contribution in [0.15, 0.2) is 52.9 Å². The predicted octanol–water partition coefficient (Wildman–Crippen LogP) is 2.46. The van der Waals surface area contributed by atoms with Gasteiger partial charge in [0.15, 0.2) is 5.65 Å². The predicted molar refractivity (Wildman–Crippen MR) is 131 cm³/mol. The number of rotatable bonds is 8. The summed E-state index contributed by atoms with van der Waals surface area (Å²) in [5.74, 6) is 1.44. The van der Waals surface area contributed by atoms with E-state index in [1.165, 1.54) is 0 Å². The van der Waals surface area contributed by atoms with Crippen LogP contribution in [-0.2, 0) is 9.53 Å². The molecule has 0 bridgehead atoms. The molecule has 0 saturated heterocycles. The number of nitrogens with zero attached hydrogens (tertiary/aromatic N) is 3. The molecule has 0 saturated carbocycles. The van der Waals surface area contributed by atoms with E-state index in [4.69, 9.17) is 21.3 Å². The number of amides is 1. The van der Waals surface area contributed by atoms with Crippen LogP contribution in [0.1, 0.15) is 37.8 Å². The normalized spacial score (nSPS) is 16.1. The minimum Gasteiger partial charge on any atom is -0.496 e. The molecule has 0 radical (unpaired) electrons. The Balaban J connectivity index is 1.41. The van der Waals surface area contributed by atoms with Crippen LogP contribution < -0.4 is 16.1 Å². The lowest BCUT2D eigenvalue weighted by molar-refractivity contribution is -0.117. The molecule has 1 amide bonds. The first kappa shape index (κ1) is 22.2. The molecule has 2 aliphatic rings. The molecule has 2 aromatic heterocycles. The molecule has 0 aromatic carbocycles. The average Bonchev–Trinajstić information content (AvgIpc) is 3.19. The van der Waals surface area contributed by atoms with E-state index in [2.05, 4.69) is 21.8 Å². The van der Waals surface area contributed by atoms with Gasteiger partial charge in [-0.1, -0.05) is 29.8 Å². The first-order valence-electron chi connectivity index (χ1n) is 10.9. The van der Waals surface area contributed by atoms with Gasteiger partial charge in [-0.2, -0.15) is 9.61 Å². The lowest BCUT2D eigenvalue weighted by Gasteiger charge is -2.15. The molecular weight excluding hydrogens is 425 g/mol. The highest BCUT2D eigenvalue weighted by Crippen LogP contribution is 2.30. The fraction of sp³-hybridized carbons (Fsp3) is 0.348. The number of anilines is 1. The number of allylic oxidation sites excluding steroid dienone is 6.